The van der Waals surface area contributed by atoms with Crippen molar-refractivity contribution in [3.8, 4) is 0 Å². The highest BCUT2D eigenvalue weighted by Crippen LogP contribution is 2.26. The maximum atomic E-state index is 14.7. The van der Waals surface area contributed by atoms with Crippen molar-refractivity contribution in [3.05, 3.63) is 37.0 Å². The maximum absolute atomic E-state index is 14.7. The minimum Gasteiger partial charge on any atom is -0.339 e. The molecule has 0 aliphatic rings. The van der Waals surface area contributed by atoms with E-state index >= 15 is 0 Å². The van der Waals surface area contributed by atoms with Crippen molar-refractivity contribution in [2.45, 2.75) is 226 Å². The van der Waals surface area contributed by atoms with E-state index in [1.54, 1.807) is 0 Å². The summed E-state index contributed by atoms with van der Waals surface area (Å²) in [5.41, 5.74) is 0. The SMILES string of the molecule is C=CC/C=C\CCCCCCCCC(CCCCCCCC/C=C\CC)N(CCCN(C)C)C(=O)C(CCCCCC)CCCCCCCC. The van der Waals surface area contributed by atoms with Crippen LogP contribution in [0.1, 0.15) is 220 Å². The Bertz CT molecular complexity index is 771. The third kappa shape index (κ3) is 31.4. The van der Waals surface area contributed by atoms with E-state index in [1.807, 2.05) is 6.08 Å². The topological polar surface area (TPSA) is 23.6 Å². The zero-order valence-corrected chi connectivity index (χ0v) is 34.9. The molecule has 3 nitrogen and oxygen atoms in total. The van der Waals surface area contributed by atoms with Crippen molar-refractivity contribution in [2.75, 3.05) is 27.2 Å². The molecule has 0 N–H and O–H groups in total. The van der Waals surface area contributed by atoms with Gasteiger partial charge >= 0.3 is 0 Å². The van der Waals surface area contributed by atoms with Crippen LogP contribution >= 0.6 is 0 Å². The first kappa shape index (κ1) is 48.6. The van der Waals surface area contributed by atoms with Gasteiger partial charge in [-0.2, -0.15) is 0 Å². The van der Waals surface area contributed by atoms with E-state index in [0.29, 0.717) is 11.9 Å². The highest BCUT2D eigenvalue weighted by atomic mass is 16.2. The molecule has 0 aromatic rings. The number of carbonyl (C=O) groups is 1. The van der Waals surface area contributed by atoms with E-state index in [4.69, 9.17) is 0 Å². The summed E-state index contributed by atoms with van der Waals surface area (Å²) in [6.45, 7) is 12.6. The first-order valence-electron chi connectivity index (χ1n) is 22.4. The molecular formula is C47H90N2O. The van der Waals surface area contributed by atoms with Crippen molar-refractivity contribution < 1.29 is 4.79 Å². The normalized spacial score (nSPS) is 13.2. The van der Waals surface area contributed by atoms with Gasteiger partial charge in [0.2, 0.25) is 5.91 Å². The molecule has 0 aromatic heterocycles. The Kier molecular flexibility index (Phi) is 37.8. The molecule has 0 aromatic carbocycles. The Morgan fingerprint density at radius 1 is 0.520 bits per heavy atom. The van der Waals surface area contributed by atoms with Crippen molar-refractivity contribution >= 4 is 5.91 Å². The van der Waals surface area contributed by atoms with E-state index < -0.39 is 0 Å². The van der Waals surface area contributed by atoms with Crippen LogP contribution in [0.3, 0.4) is 0 Å². The summed E-state index contributed by atoms with van der Waals surface area (Å²) >= 11 is 0. The molecule has 0 rings (SSSR count). The van der Waals surface area contributed by atoms with Gasteiger partial charge in [-0.25, -0.2) is 0 Å². The number of nitrogens with zero attached hydrogens (tertiary/aromatic N) is 2. The summed E-state index contributed by atoms with van der Waals surface area (Å²) in [6, 6.07) is 0.418. The quantitative estimate of drug-likeness (QED) is 0.0471. The predicted octanol–water partition coefficient (Wildman–Crippen LogP) is 14.8. The zero-order chi connectivity index (χ0) is 36.8. The molecule has 50 heavy (non-hydrogen) atoms. The first-order chi connectivity index (χ1) is 24.5. The van der Waals surface area contributed by atoms with E-state index in [1.165, 1.54) is 167 Å². The molecule has 0 saturated heterocycles. The second-order valence-corrected chi connectivity index (χ2v) is 15.7. The Morgan fingerprint density at radius 2 is 0.960 bits per heavy atom. The van der Waals surface area contributed by atoms with E-state index in [0.717, 1.165) is 45.2 Å². The predicted molar refractivity (Wildman–Crippen MR) is 226 cm³/mol. The van der Waals surface area contributed by atoms with Gasteiger partial charge in [-0.1, -0.05) is 180 Å². The van der Waals surface area contributed by atoms with Gasteiger partial charge in [0, 0.05) is 18.5 Å². The Balaban J connectivity index is 5.48. The monoisotopic (exact) mass is 699 g/mol. The fraction of sp³-hybridized carbons (Fsp3) is 0.851. The van der Waals surface area contributed by atoms with Crippen molar-refractivity contribution in [2.24, 2.45) is 5.92 Å². The standard InChI is InChI=1S/C47H90N2O/c1-7-11-15-19-22-24-26-28-30-33-37-42-46(41-36-32-29-27-25-23-20-16-12-8-2)49(44-38-43-48(5)6)47(50)45(39-34-18-14-10-4)40-35-31-21-17-13-9-3/h7,12,15-16,19,45-46H,1,8-11,13-14,17-18,20-44H2,2-6H3/b16-12-,19-15-. The van der Waals surface area contributed by atoms with Gasteiger partial charge < -0.3 is 9.80 Å². The lowest BCUT2D eigenvalue weighted by molar-refractivity contribution is -0.139. The van der Waals surface area contributed by atoms with E-state index in [9.17, 15) is 4.79 Å². The summed E-state index contributed by atoms with van der Waals surface area (Å²) in [6.07, 6.45) is 50.3. The fourth-order valence-electron chi connectivity index (χ4n) is 7.39. The average Bonchev–Trinajstić information content (AvgIpc) is 3.11. The smallest absolute Gasteiger partial charge is 0.225 e. The number of hydrogen-bond donors (Lipinski definition) is 0. The molecule has 0 spiro atoms. The van der Waals surface area contributed by atoms with Gasteiger partial charge in [0.15, 0.2) is 0 Å². The van der Waals surface area contributed by atoms with E-state index in [2.05, 4.69) is 75.5 Å². The van der Waals surface area contributed by atoms with Crippen LogP contribution < -0.4 is 0 Å². The molecule has 2 atom stereocenters. The minimum absolute atomic E-state index is 0.224. The number of hydrogen-bond acceptors (Lipinski definition) is 2. The van der Waals surface area contributed by atoms with Crippen LogP contribution in [0.15, 0.2) is 37.0 Å². The lowest BCUT2D eigenvalue weighted by Crippen LogP contribution is -2.45. The van der Waals surface area contributed by atoms with E-state index in [-0.39, 0.29) is 5.92 Å². The summed E-state index contributed by atoms with van der Waals surface area (Å²) in [5.74, 6) is 0.741. The number of rotatable bonds is 39. The molecule has 0 heterocycles. The Morgan fingerprint density at radius 3 is 1.44 bits per heavy atom. The van der Waals surface area contributed by atoms with Crippen LogP contribution in [-0.2, 0) is 4.79 Å². The van der Waals surface area contributed by atoms with Crippen LogP contribution in [0.25, 0.3) is 0 Å². The first-order valence-corrected chi connectivity index (χ1v) is 22.4. The molecule has 3 heteroatoms. The number of amides is 1. The summed E-state index contributed by atoms with van der Waals surface area (Å²) < 4.78 is 0. The summed E-state index contributed by atoms with van der Waals surface area (Å²) in [4.78, 5) is 19.4. The Labute approximate surface area is 315 Å². The lowest BCUT2D eigenvalue weighted by atomic mass is 9.91. The molecule has 0 fully saturated rings. The highest BCUT2D eigenvalue weighted by molar-refractivity contribution is 5.79. The molecule has 2 unspecified atom stereocenters. The molecule has 0 aliphatic heterocycles. The van der Waals surface area contributed by atoms with Crippen LogP contribution in [0, 0.1) is 5.92 Å². The molecular weight excluding hydrogens is 609 g/mol. The average molecular weight is 699 g/mol. The second-order valence-electron chi connectivity index (χ2n) is 15.7. The minimum atomic E-state index is 0.224. The molecule has 0 aliphatic carbocycles. The van der Waals surface area contributed by atoms with Gasteiger partial charge in [0.05, 0.1) is 0 Å². The van der Waals surface area contributed by atoms with Crippen LogP contribution in [0.5, 0.6) is 0 Å². The largest absolute Gasteiger partial charge is 0.339 e. The molecule has 0 radical (unpaired) electrons. The van der Waals surface area contributed by atoms with Gasteiger partial charge in [-0.15, -0.1) is 6.58 Å². The summed E-state index contributed by atoms with van der Waals surface area (Å²) in [5, 5.41) is 0. The van der Waals surface area contributed by atoms with Crippen LogP contribution in [0.4, 0.5) is 0 Å². The second kappa shape index (κ2) is 38.9. The van der Waals surface area contributed by atoms with Gasteiger partial charge in [0.25, 0.3) is 0 Å². The summed E-state index contributed by atoms with van der Waals surface area (Å²) in [7, 11) is 4.35. The molecule has 294 valence electrons. The maximum Gasteiger partial charge on any atom is 0.225 e. The Hall–Kier alpha value is -1.35. The number of carbonyl (C=O) groups excluding carboxylic acids is 1. The molecule has 1 amide bonds. The van der Waals surface area contributed by atoms with Gasteiger partial charge in [-0.3, -0.25) is 4.79 Å². The van der Waals surface area contributed by atoms with Crippen molar-refractivity contribution in [1.82, 2.24) is 9.80 Å². The van der Waals surface area contributed by atoms with Gasteiger partial charge in [0.1, 0.15) is 0 Å². The van der Waals surface area contributed by atoms with Crippen molar-refractivity contribution in [3.63, 3.8) is 0 Å². The number of allylic oxidation sites excluding steroid dienone is 5. The van der Waals surface area contributed by atoms with Crippen LogP contribution in [0.2, 0.25) is 0 Å². The molecule has 0 saturated carbocycles. The molecule has 0 bridgehead atoms. The number of unbranched alkanes of at least 4 members (excludes halogenated alkanes) is 20. The highest BCUT2D eigenvalue weighted by Gasteiger charge is 2.29. The van der Waals surface area contributed by atoms with Gasteiger partial charge in [-0.05, 0) is 91.3 Å². The van der Waals surface area contributed by atoms with Crippen LogP contribution in [-0.4, -0.2) is 48.9 Å². The third-order valence-electron chi connectivity index (χ3n) is 10.6. The van der Waals surface area contributed by atoms with Crippen molar-refractivity contribution in [1.29, 1.82) is 0 Å². The lowest BCUT2D eigenvalue weighted by Gasteiger charge is -2.36. The third-order valence-corrected chi connectivity index (χ3v) is 10.6. The zero-order valence-electron chi connectivity index (χ0n) is 34.9. The fourth-order valence-corrected chi connectivity index (χ4v) is 7.39.